The molecule has 1 fully saturated rings. The molecule has 0 heterocycles. The first-order chi connectivity index (χ1) is 11.5. The average molecular weight is 356 g/mol. The number of hydrogen-bond acceptors (Lipinski definition) is 2. The van der Waals surface area contributed by atoms with E-state index in [1.165, 1.54) is 17.0 Å². The van der Waals surface area contributed by atoms with E-state index in [1.54, 1.807) is 14.1 Å². The van der Waals surface area contributed by atoms with Crippen LogP contribution in [0.25, 0.3) is 0 Å². The molecule has 1 aliphatic rings. The fraction of sp³-hybridized carbons (Fsp3) is 0.556. The zero-order valence-electron chi connectivity index (χ0n) is 14.7. The Bertz CT molecular complexity index is 639. The largest absolute Gasteiger partial charge is 0.416 e. The molecule has 2 amide bonds. The van der Waals surface area contributed by atoms with Crippen molar-refractivity contribution < 1.29 is 22.8 Å². The van der Waals surface area contributed by atoms with Crippen LogP contribution in [0.4, 0.5) is 13.2 Å². The van der Waals surface area contributed by atoms with Gasteiger partial charge >= 0.3 is 6.18 Å². The molecule has 0 bridgehead atoms. The quantitative estimate of drug-likeness (QED) is 0.882. The van der Waals surface area contributed by atoms with Crippen LogP contribution in [0.2, 0.25) is 0 Å². The van der Waals surface area contributed by atoms with Crippen molar-refractivity contribution in [1.29, 1.82) is 0 Å². The standard InChI is InChI=1S/C18H23F3N2O2/c1-10(2)15(17(25)23(3)4)22-16(24)14-9-13(14)11-5-7-12(8-6-11)18(19,20)21/h5-8,10,13-15H,9H2,1-4H3,(H,22,24)/t13-,14+,15-/m0/s1. The number of halogens is 3. The minimum absolute atomic E-state index is 0.0536. The fourth-order valence-corrected chi connectivity index (χ4v) is 2.82. The van der Waals surface area contributed by atoms with Gasteiger partial charge in [0.15, 0.2) is 0 Å². The Kier molecular flexibility index (Phi) is 5.44. The maximum atomic E-state index is 12.6. The van der Waals surface area contributed by atoms with Gasteiger partial charge in [0.05, 0.1) is 5.56 Å². The van der Waals surface area contributed by atoms with Crippen LogP contribution in [-0.2, 0) is 15.8 Å². The second-order valence-corrected chi connectivity index (χ2v) is 7.03. The van der Waals surface area contributed by atoms with E-state index in [0.717, 1.165) is 12.1 Å². The van der Waals surface area contributed by atoms with Gasteiger partial charge in [0.2, 0.25) is 11.8 Å². The first kappa shape index (κ1) is 19.3. The summed E-state index contributed by atoms with van der Waals surface area (Å²) in [6, 6.07) is 4.32. The molecule has 1 aromatic carbocycles. The summed E-state index contributed by atoms with van der Waals surface area (Å²) in [6.45, 7) is 3.71. The number of hydrogen-bond donors (Lipinski definition) is 1. The van der Waals surface area contributed by atoms with E-state index in [1.807, 2.05) is 13.8 Å². The molecule has 1 aliphatic carbocycles. The molecule has 0 spiro atoms. The highest BCUT2D eigenvalue weighted by molar-refractivity contribution is 5.90. The molecule has 0 aliphatic heterocycles. The van der Waals surface area contributed by atoms with Crippen LogP contribution in [0, 0.1) is 11.8 Å². The van der Waals surface area contributed by atoms with Crippen molar-refractivity contribution in [2.75, 3.05) is 14.1 Å². The van der Waals surface area contributed by atoms with Gasteiger partial charge in [-0.05, 0) is 36.0 Å². The molecule has 4 nitrogen and oxygen atoms in total. The van der Waals surface area contributed by atoms with Gasteiger partial charge in [0.25, 0.3) is 0 Å². The molecule has 1 aromatic rings. The second kappa shape index (κ2) is 7.06. The predicted molar refractivity (Wildman–Crippen MR) is 87.8 cm³/mol. The summed E-state index contributed by atoms with van der Waals surface area (Å²) in [4.78, 5) is 26.0. The maximum Gasteiger partial charge on any atom is 0.416 e. The van der Waals surface area contributed by atoms with Crippen molar-refractivity contribution >= 4 is 11.8 Å². The Morgan fingerprint density at radius 2 is 1.72 bits per heavy atom. The first-order valence-electron chi connectivity index (χ1n) is 8.21. The summed E-state index contributed by atoms with van der Waals surface area (Å²) >= 11 is 0. The minimum Gasteiger partial charge on any atom is -0.347 e. The molecular formula is C18H23F3N2O2. The van der Waals surface area contributed by atoms with Gasteiger partial charge in [-0.1, -0.05) is 26.0 Å². The summed E-state index contributed by atoms with van der Waals surface area (Å²) in [5, 5.41) is 2.78. The molecule has 3 atom stereocenters. The third kappa shape index (κ3) is 4.52. The maximum absolute atomic E-state index is 12.6. The smallest absolute Gasteiger partial charge is 0.347 e. The van der Waals surface area contributed by atoms with Gasteiger partial charge in [-0.25, -0.2) is 0 Å². The Balaban J connectivity index is 2.00. The highest BCUT2D eigenvalue weighted by Crippen LogP contribution is 2.48. The lowest BCUT2D eigenvalue weighted by Crippen LogP contribution is -2.49. The minimum atomic E-state index is -4.37. The SMILES string of the molecule is CC(C)[C@H](NC(=O)[C@@H]1C[C@H]1c1ccc(C(F)(F)F)cc1)C(=O)N(C)C. The van der Waals surface area contributed by atoms with Gasteiger partial charge in [0, 0.05) is 20.0 Å². The number of nitrogens with zero attached hydrogens (tertiary/aromatic N) is 1. The van der Waals surface area contributed by atoms with Crippen LogP contribution in [0.1, 0.15) is 37.3 Å². The molecule has 1 saturated carbocycles. The molecule has 0 unspecified atom stereocenters. The van der Waals surface area contributed by atoms with E-state index in [-0.39, 0.29) is 29.6 Å². The summed E-state index contributed by atoms with van der Waals surface area (Å²) < 4.78 is 37.8. The highest BCUT2D eigenvalue weighted by atomic mass is 19.4. The predicted octanol–water partition coefficient (Wildman–Crippen LogP) is 3.04. The lowest BCUT2D eigenvalue weighted by Gasteiger charge is -2.24. The number of likely N-dealkylation sites (N-methyl/N-ethyl adjacent to an activating group) is 1. The van der Waals surface area contributed by atoms with Crippen LogP contribution in [0.15, 0.2) is 24.3 Å². The molecule has 2 rings (SSSR count). The van der Waals surface area contributed by atoms with Crippen molar-refractivity contribution in [3.05, 3.63) is 35.4 Å². The Hall–Kier alpha value is -2.05. The Morgan fingerprint density at radius 3 is 2.16 bits per heavy atom. The van der Waals surface area contributed by atoms with E-state index in [4.69, 9.17) is 0 Å². The number of amides is 2. The molecule has 0 aromatic heterocycles. The monoisotopic (exact) mass is 356 g/mol. The van der Waals surface area contributed by atoms with Crippen LogP contribution >= 0.6 is 0 Å². The molecule has 0 radical (unpaired) electrons. The first-order valence-corrected chi connectivity index (χ1v) is 8.21. The normalized spacial score (nSPS) is 21.0. The van der Waals surface area contributed by atoms with E-state index in [2.05, 4.69) is 5.32 Å². The lowest BCUT2D eigenvalue weighted by molar-refractivity contribution is -0.137. The van der Waals surface area contributed by atoms with E-state index in [0.29, 0.717) is 12.0 Å². The number of benzene rings is 1. The zero-order valence-corrected chi connectivity index (χ0v) is 14.7. The molecule has 1 N–H and O–H groups in total. The summed E-state index contributed by atoms with van der Waals surface area (Å²) in [5.41, 5.74) is 0.0162. The third-order valence-corrected chi connectivity index (χ3v) is 4.46. The van der Waals surface area contributed by atoms with Crippen molar-refractivity contribution in [2.45, 2.75) is 38.4 Å². The van der Waals surface area contributed by atoms with E-state index < -0.39 is 17.8 Å². The molecule has 25 heavy (non-hydrogen) atoms. The average Bonchev–Trinajstić information content (AvgIpc) is 3.31. The van der Waals surface area contributed by atoms with Gasteiger partial charge in [-0.3, -0.25) is 9.59 Å². The number of rotatable bonds is 5. The van der Waals surface area contributed by atoms with Gasteiger partial charge < -0.3 is 10.2 Å². The third-order valence-electron chi connectivity index (χ3n) is 4.46. The number of carbonyl (C=O) groups is 2. The number of nitrogens with one attached hydrogen (secondary N) is 1. The number of alkyl halides is 3. The lowest BCUT2D eigenvalue weighted by atomic mass is 10.0. The fourth-order valence-electron chi connectivity index (χ4n) is 2.82. The van der Waals surface area contributed by atoms with Crippen molar-refractivity contribution in [3.8, 4) is 0 Å². The van der Waals surface area contributed by atoms with Gasteiger partial charge in [-0.2, -0.15) is 13.2 Å². The van der Waals surface area contributed by atoms with Gasteiger partial charge in [0.1, 0.15) is 6.04 Å². The topological polar surface area (TPSA) is 49.4 Å². The van der Waals surface area contributed by atoms with E-state index in [9.17, 15) is 22.8 Å². The van der Waals surface area contributed by atoms with E-state index >= 15 is 0 Å². The summed E-state index contributed by atoms with van der Waals surface area (Å²) in [6.07, 6.45) is -3.78. The van der Waals surface area contributed by atoms with Crippen molar-refractivity contribution in [1.82, 2.24) is 10.2 Å². The molecule has 0 saturated heterocycles. The van der Waals surface area contributed by atoms with Crippen LogP contribution in [0.3, 0.4) is 0 Å². The Labute approximate surface area is 145 Å². The summed E-state index contributed by atoms with van der Waals surface area (Å²) in [7, 11) is 3.26. The van der Waals surface area contributed by atoms with Crippen molar-refractivity contribution in [2.24, 2.45) is 11.8 Å². The molecule has 7 heteroatoms. The molecule has 138 valence electrons. The van der Waals surface area contributed by atoms with Gasteiger partial charge in [-0.15, -0.1) is 0 Å². The Morgan fingerprint density at radius 1 is 1.16 bits per heavy atom. The second-order valence-electron chi connectivity index (χ2n) is 7.03. The van der Waals surface area contributed by atoms with Crippen LogP contribution < -0.4 is 5.32 Å². The van der Waals surface area contributed by atoms with Crippen LogP contribution in [0.5, 0.6) is 0 Å². The number of carbonyl (C=O) groups excluding carboxylic acids is 2. The van der Waals surface area contributed by atoms with Crippen LogP contribution in [-0.4, -0.2) is 36.9 Å². The summed E-state index contributed by atoms with van der Waals surface area (Å²) in [5.74, 6) is -0.839. The zero-order chi connectivity index (χ0) is 18.9. The highest BCUT2D eigenvalue weighted by Gasteiger charge is 2.45. The van der Waals surface area contributed by atoms with Crippen molar-refractivity contribution in [3.63, 3.8) is 0 Å². The molecular weight excluding hydrogens is 333 g/mol.